The van der Waals surface area contributed by atoms with Crippen LogP contribution < -0.4 is 5.32 Å². The molecule has 18 heavy (non-hydrogen) atoms. The fraction of sp³-hybridized carbons (Fsp3) is 0.308. The van der Waals surface area contributed by atoms with Gasteiger partial charge in [0.1, 0.15) is 0 Å². The lowest BCUT2D eigenvalue weighted by atomic mass is 10.2. The number of nitrogens with zero attached hydrogens (tertiary/aromatic N) is 2. The number of benzene rings is 1. The Kier molecular flexibility index (Phi) is 4.27. The Labute approximate surface area is 117 Å². The number of nitrogens with one attached hydrogen (secondary N) is 1. The molecular weight excluding hydrogens is 269 g/mol. The fourth-order valence-corrected chi connectivity index (χ4v) is 2.21. The number of halogens is 2. The zero-order valence-corrected chi connectivity index (χ0v) is 11.9. The van der Waals surface area contributed by atoms with Crippen LogP contribution in [-0.4, -0.2) is 16.8 Å². The van der Waals surface area contributed by atoms with E-state index in [1.807, 2.05) is 30.1 Å². The smallest absolute Gasteiger partial charge is 0.0677 e. The van der Waals surface area contributed by atoms with Gasteiger partial charge in [-0.05, 0) is 37.7 Å². The summed E-state index contributed by atoms with van der Waals surface area (Å²) in [5.41, 5.74) is 3.31. The van der Waals surface area contributed by atoms with Gasteiger partial charge in [0.15, 0.2) is 0 Å². The Bertz CT molecular complexity index is 549. The Morgan fingerprint density at radius 1 is 1.28 bits per heavy atom. The quantitative estimate of drug-likeness (QED) is 0.933. The van der Waals surface area contributed by atoms with Gasteiger partial charge in [-0.2, -0.15) is 5.10 Å². The summed E-state index contributed by atoms with van der Waals surface area (Å²) >= 11 is 12.1. The molecule has 1 aromatic carbocycles. The summed E-state index contributed by atoms with van der Waals surface area (Å²) in [5.74, 6) is 0. The molecule has 0 aliphatic heterocycles. The van der Waals surface area contributed by atoms with Crippen molar-refractivity contribution in [2.24, 2.45) is 0 Å². The highest BCUT2D eigenvalue weighted by molar-refractivity contribution is 6.33. The van der Waals surface area contributed by atoms with Crippen molar-refractivity contribution in [3.63, 3.8) is 0 Å². The van der Waals surface area contributed by atoms with E-state index in [1.165, 1.54) is 5.56 Å². The highest BCUT2D eigenvalue weighted by atomic mass is 35.5. The first-order valence-electron chi connectivity index (χ1n) is 5.71. The van der Waals surface area contributed by atoms with E-state index < -0.39 is 0 Å². The van der Waals surface area contributed by atoms with Crippen LogP contribution in [0.5, 0.6) is 0 Å². The van der Waals surface area contributed by atoms with Crippen LogP contribution in [0.25, 0.3) is 0 Å². The molecule has 2 aromatic rings. The molecule has 0 spiro atoms. The Balaban J connectivity index is 2.26. The average Bonchev–Trinajstić information content (AvgIpc) is 2.67. The van der Waals surface area contributed by atoms with Gasteiger partial charge in [-0.15, -0.1) is 0 Å². The summed E-state index contributed by atoms with van der Waals surface area (Å²) in [6, 6.07) is 5.48. The molecule has 1 aromatic heterocycles. The van der Waals surface area contributed by atoms with Gasteiger partial charge in [0.05, 0.1) is 12.7 Å². The average molecular weight is 284 g/mol. The molecule has 0 amide bonds. The summed E-state index contributed by atoms with van der Waals surface area (Å²) in [4.78, 5) is 0. The molecule has 0 bridgehead atoms. The molecule has 0 fully saturated rings. The zero-order valence-electron chi connectivity index (χ0n) is 10.4. The summed E-state index contributed by atoms with van der Waals surface area (Å²) < 4.78 is 1.93. The molecule has 1 N–H and O–H groups in total. The molecule has 0 atom stereocenters. The van der Waals surface area contributed by atoms with Gasteiger partial charge in [0.25, 0.3) is 0 Å². The SMILES string of the molecule is CNCc1cnn(Cc2cc(Cl)ccc2Cl)c1C. The maximum absolute atomic E-state index is 6.15. The molecule has 0 aliphatic rings. The second-order valence-corrected chi connectivity index (χ2v) is 5.02. The number of hydrogen-bond acceptors (Lipinski definition) is 2. The maximum Gasteiger partial charge on any atom is 0.0677 e. The van der Waals surface area contributed by atoms with Crippen LogP contribution in [0.3, 0.4) is 0 Å². The first-order chi connectivity index (χ1) is 8.61. The number of aromatic nitrogens is 2. The molecule has 0 aliphatic carbocycles. The second kappa shape index (κ2) is 5.74. The van der Waals surface area contributed by atoms with Crippen LogP contribution in [0.15, 0.2) is 24.4 Å². The number of rotatable bonds is 4. The summed E-state index contributed by atoms with van der Waals surface area (Å²) in [5, 5.41) is 8.90. The van der Waals surface area contributed by atoms with Crippen LogP contribution in [0.4, 0.5) is 0 Å². The monoisotopic (exact) mass is 283 g/mol. The first-order valence-corrected chi connectivity index (χ1v) is 6.47. The first kappa shape index (κ1) is 13.4. The van der Waals surface area contributed by atoms with Crippen LogP contribution in [0, 0.1) is 6.92 Å². The van der Waals surface area contributed by atoms with Gasteiger partial charge in [-0.25, -0.2) is 0 Å². The molecule has 96 valence electrons. The van der Waals surface area contributed by atoms with Crippen LogP contribution in [0.1, 0.15) is 16.8 Å². The zero-order chi connectivity index (χ0) is 13.1. The minimum atomic E-state index is 0.634. The third-order valence-electron chi connectivity index (χ3n) is 2.90. The van der Waals surface area contributed by atoms with Crippen molar-refractivity contribution in [1.29, 1.82) is 0 Å². The molecule has 0 unspecified atom stereocenters. The highest BCUT2D eigenvalue weighted by Crippen LogP contribution is 2.22. The van der Waals surface area contributed by atoms with Crippen LogP contribution in [0.2, 0.25) is 10.0 Å². The highest BCUT2D eigenvalue weighted by Gasteiger charge is 2.08. The van der Waals surface area contributed by atoms with Crippen molar-refractivity contribution < 1.29 is 0 Å². The van der Waals surface area contributed by atoms with Gasteiger partial charge in [-0.3, -0.25) is 4.68 Å². The van der Waals surface area contributed by atoms with Gasteiger partial charge in [0, 0.05) is 27.8 Å². The van der Waals surface area contributed by atoms with E-state index in [1.54, 1.807) is 6.07 Å². The maximum atomic E-state index is 6.15. The molecule has 0 saturated heterocycles. The normalized spacial score (nSPS) is 10.9. The second-order valence-electron chi connectivity index (χ2n) is 4.18. The predicted molar refractivity (Wildman–Crippen MR) is 75.3 cm³/mol. The van der Waals surface area contributed by atoms with Crippen molar-refractivity contribution in [3.8, 4) is 0 Å². The van der Waals surface area contributed by atoms with E-state index in [0.29, 0.717) is 16.6 Å². The molecule has 1 heterocycles. The summed E-state index contributed by atoms with van der Waals surface area (Å²) in [7, 11) is 1.92. The summed E-state index contributed by atoms with van der Waals surface area (Å²) in [6.45, 7) is 3.50. The minimum Gasteiger partial charge on any atom is -0.316 e. The third kappa shape index (κ3) is 2.86. The lowest BCUT2D eigenvalue weighted by molar-refractivity contribution is 0.662. The molecule has 2 rings (SSSR count). The summed E-state index contributed by atoms with van der Waals surface area (Å²) in [6.07, 6.45) is 1.88. The van der Waals surface area contributed by atoms with Crippen molar-refractivity contribution in [1.82, 2.24) is 15.1 Å². The van der Waals surface area contributed by atoms with E-state index in [4.69, 9.17) is 23.2 Å². The lowest BCUT2D eigenvalue weighted by Crippen LogP contribution is -2.08. The molecule has 5 heteroatoms. The van der Waals surface area contributed by atoms with E-state index in [-0.39, 0.29) is 0 Å². The van der Waals surface area contributed by atoms with E-state index in [0.717, 1.165) is 17.8 Å². The standard InChI is InChI=1S/C13H15Cl2N3/c1-9-11(6-16-2)7-17-18(9)8-10-5-12(14)3-4-13(10)15/h3-5,7,16H,6,8H2,1-2H3. The van der Waals surface area contributed by atoms with Crippen molar-refractivity contribution in [2.45, 2.75) is 20.0 Å². The Morgan fingerprint density at radius 2 is 2.06 bits per heavy atom. The van der Waals surface area contributed by atoms with E-state index in [9.17, 15) is 0 Å². The predicted octanol–water partition coefficient (Wildman–Crippen LogP) is 3.27. The van der Waals surface area contributed by atoms with E-state index in [2.05, 4.69) is 17.3 Å². The molecule has 3 nitrogen and oxygen atoms in total. The minimum absolute atomic E-state index is 0.634. The molecule has 0 radical (unpaired) electrons. The topological polar surface area (TPSA) is 29.9 Å². The van der Waals surface area contributed by atoms with Crippen molar-refractivity contribution in [3.05, 3.63) is 51.3 Å². The fourth-order valence-electron chi connectivity index (χ4n) is 1.83. The van der Waals surface area contributed by atoms with Crippen molar-refractivity contribution >= 4 is 23.2 Å². The van der Waals surface area contributed by atoms with Gasteiger partial charge < -0.3 is 5.32 Å². The Hall–Kier alpha value is -1.03. The lowest BCUT2D eigenvalue weighted by Gasteiger charge is -2.08. The molecule has 0 saturated carbocycles. The molecular formula is C13H15Cl2N3. The third-order valence-corrected chi connectivity index (χ3v) is 3.50. The van der Waals surface area contributed by atoms with Gasteiger partial charge in [0.2, 0.25) is 0 Å². The van der Waals surface area contributed by atoms with E-state index >= 15 is 0 Å². The largest absolute Gasteiger partial charge is 0.316 e. The number of hydrogen-bond donors (Lipinski definition) is 1. The van der Waals surface area contributed by atoms with Gasteiger partial charge in [-0.1, -0.05) is 23.2 Å². The van der Waals surface area contributed by atoms with Crippen molar-refractivity contribution in [2.75, 3.05) is 7.05 Å². The van der Waals surface area contributed by atoms with Gasteiger partial charge >= 0.3 is 0 Å². The van der Waals surface area contributed by atoms with Crippen LogP contribution >= 0.6 is 23.2 Å². The van der Waals surface area contributed by atoms with Crippen LogP contribution in [-0.2, 0) is 13.1 Å². The Morgan fingerprint density at radius 3 is 2.78 bits per heavy atom.